The van der Waals surface area contributed by atoms with Crippen molar-refractivity contribution in [2.45, 2.75) is 185 Å². The number of nitrogens with zero attached hydrogens (tertiary/aromatic N) is 1. The summed E-state index contributed by atoms with van der Waals surface area (Å²) in [4.78, 5) is 14.4. The van der Waals surface area contributed by atoms with E-state index in [1.807, 2.05) is 39.1 Å². The summed E-state index contributed by atoms with van der Waals surface area (Å²) in [7, 11) is 5.30. The zero-order chi connectivity index (χ0) is 46.1. The lowest BCUT2D eigenvalue weighted by molar-refractivity contribution is -0.312. The molecule has 0 aromatic carbocycles. The first kappa shape index (κ1) is 49.1. The van der Waals surface area contributed by atoms with Gasteiger partial charge >= 0.3 is 5.97 Å². The maximum atomic E-state index is 14.4. The third-order valence-corrected chi connectivity index (χ3v) is 14.8. The highest BCUT2D eigenvalue weighted by Crippen LogP contribution is 2.46. The summed E-state index contributed by atoms with van der Waals surface area (Å²) in [6, 6.07) is 0.0402. The number of rotatable bonds is 9. The molecule has 0 aromatic rings. The Morgan fingerprint density at radius 2 is 1.67 bits per heavy atom. The predicted molar refractivity (Wildman–Crippen MR) is 237 cm³/mol. The van der Waals surface area contributed by atoms with E-state index < -0.39 is 66.4 Å². The molecule has 64 heavy (non-hydrogen) atoms. The highest BCUT2D eigenvalue weighted by molar-refractivity contribution is 6.06. The van der Waals surface area contributed by atoms with E-state index in [1.165, 1.54) is 0 Å². The molecule has 6 heterocycles. The summed E-state index contributed by atoms with van der Waals surface area (Å²) in [5.41, 5.74) is 0.254. The van der Waals surface area contributed by atoms with Gasteiger partial charge in [0.25, 0.3) is 0 Å². The van der Waals surface area contributed by atoms with Gasteiger partial charge in [-0.15, -0.1) is 0 Å². The number of hydrogen-bond donors (Lipinski definition) is 3. The standard InChI is InChI=1S/C49H74N2O13/c1-12-26(2)44-29(5)18-19-48(64-44)24-35-21-34(63-48)17-16-28(4)43(27(3)14-13-15-33-25-57-46-41(51-54)30(6)20-36(47(52)60-35)49(33,46)53)61-40-23-38(56-11)45(32(8)59-40)62-39-22-37(55-10)42(50-9)31(7)58-39/h13-16,18-20,26-27,29,31-32,34-40,42-46,50,53-54H,12,17,21-25H2,1-11H3/b14-13+,28-16+,33-15+,51-41+/t26?,27?,29-,31+,32-,34?,35?,36?,37+,38-,39+,40?,42-,43+,44?,45-,46?,48?,49-/m1/s1. The quantitative estimate of drug-likeness (QED) is 0.105. The first-order chi connectivity index (χ1) is 30.6. The lowest BCUT2D eigenvalue weighted by Gasteiger charge is -2.48. The van der Waals surface area contributed by atoms with Crippen LogP contribution in [0.25, 0.3) is 0 Å². The van der Waals surface area contributed by atoms with Crippen molar-refractivity contribution in [3.63, 3.8) is 0 Å². The first-order valence-electron chi connectivity index (χ1n) is 23.5. The smallest absolute Gasteiger partial charge is 0.316 e. The van der Waals surface area contributed by atoms with Gasteiger partial charge in [0.2, 0.25) is 0 Å². The number of nitrogens with one attached hydrogen (secondary N) is 1. The van der Waals surface area contributed by atoms with Crippen LogP contribution in [0.3, 0.4) is 0 Å². The molecule has 3 N–H and O–H groups in total. The van der Waals surface area contributed by atoms with Crippen LogP contribution in [0.15, 0.2) is 64.4 Å². The molecule has 4 saturated heterocycles. The largest absolute Gasteiger partial charge is 0.462 e. The zero-order valence-corrected chi connectivity index (χ0v) is 39.6. The van der Waals surface area contributed by atoms with Gasteiger partial charge in [0.15, 0.2) is 18.4 Å². The number of allylic oxidation sites excluding steroid dienone is 2. The topological polar surface area (TPSA) is 174 Å². The molecule has 2 bridgehead atoms. The van der Waals surface area contributed by atoms with Gasteiger partial charge in [-0.1, -0.05) is 75.7 Å². The number of hydrogen-bond acceptors (Lipinski definition) is 15. The highest BCUT2D eigenvalue weighted by atomic mass is 16.7. The molecule has 15 nitrogen and oxygen atoms in total. The number of ether oxygens (including phenoxy) is 10. The van der Waals surface area contributed by atoms with Crippen molar-refractivity contribution in [3.8, 4) is 0 Å². The van der Waals surface area contributed by atoms with Crippen LogP contribution in [0.1, 0.15) is 93.9 Å². The van der Waals surface area contributed by atoms with Gasteiger partial charge in [-0.25, -0.2) is 0 Å². The van der Waals surface area contributed by atoms with Gasteiger partial charge in [-0.05, 0) is 69.9 Å². The fourth-order valence-electron chi connectivity index (χ4n) is 11.0. The maximum Gasteiger partial charge on any atom is 0.316 e. The predicted octanol–water partition coefficient (Wildman–Crippen LogP) is 6.07. The van der Waals surface area contributed by atoms with Crippen molar-refractivity contribution in [2.24, 2.45) is 28.8 Å². The Kier molecular flexibility index (Phi) is 15.8. The number of carbonyl (C=O) groups is 1. The van der Waals surface area contributed by atoms with Crippen LogP contribution in [0.2, 0.25) is 0 Å². The van der Waals surface area contributed by atoms with Crippen molar-refractivity contribution < 1.29 is 62.5 Å². The SMILES string of the molecule is CCC(C)C1OC2(C=C[C@H]1C)CC1CC(C/C=C(\C)[C@@H](OC3C[C@@H](OC)[C@H](O[C@H]4C[C@H](OC)[C@H](NC)[C@H](C)O4)[C@@H](C)O3)C(C)/C=C/C=C3\COC4/C(=N/O)C(C)=CC(C(=O)O1)[C@]34O)O2. The third-order valence-electron chi connectivity index (χ3n) is 14.8. The van der Waals surface area contributed by atoms with Crippen LogP contribution in [-0.2, 0) is 52.2 Å². The summed E-state index contributed by atoms with van der Waals surface area (Å²) in [5, 5.41) is 29.5. The van der Waals surface area contributed by atoms with E-state index in [0.717, 1.165) is 12.0 Å². The van der Waals surface area contributed by atoms with Gasteiger partial charge < -0.3 is 63.0 Å². The molecule has 7 aliphatic rings. The Hall–Kier alpha value is -2.80. The van der Waals surface area contributed by atoms with Crippen molar-refractivity contribution in [2.75, 3.05) is 27.9 Å². The van der Waals surface area contributed by atoms with Gasteiger partial charge in [0, 0.05) is 51.7 Å². The van der Waals surface area contributed by atoms with E-state index in [-0.39, 0.29) is 73.1 Å². The molecule has 358 valence electrons. The second kappa shape index (κ2) is 20.6. The van der Waals surface area contributed by atoms with Crippen LogP contribution in [0.4, 0.5) is 0 Å². The minimum atomic E-state index is -1.87. The molecule has 6 aliphatic heterocycles. The minimum Gasteiger partial charge on any atom is -0.462 e. The normalized spacial score (nSPS) is 47.5. The number of esters is 1. The van der Waals surface area contributed by atoms with E-state index >= 15 is 0 Å². The van der Waals surface area contributed by atoms with Crippen LogP contribution < -0.4 is 5.32 Å². The van der Waals surface area contributed by atoms with E-state index in [1.54, 1.807) is 33.3 Å². The molecular formula is C49H74N2O13. The van der Waals surface area contributed by atoms with Gasteiger partial charge in [0.1, 0.15) is 35.5 Å². The highest BCUT2D eigenvalue weighted by Gasteiger charge is 2.60. The summed E-state index contributed by atoms with van der Waals surface area (Å²) < 4.78 is 64.7. The van der Waals surface area contributed by atoms with Crippen molar-refractivity contribution in [1.82, 2.24) is 5.32 Å². The Balaban J connectivity index is 1.19. The molecular weight excluding hydrogens is 825 g/mol. The summed E-state index contributed by atoms with van der Waals surface area (Å²) in [5.74, 6) is -2.60. The molecule has 15 heteroatoms. The molecule has 0 saturated carbocycles. The second-order valence-corrected chi connectivity index (χ2v) is 19.2. The second-order valence-electron chi connectivity index (χ2n) is 19.2. The van der Waals surface area contributed by atoms with Crippen LogP contribution in [0.5, 0.6) is 0 Å². The fourth-order valence-corrected chi connectivity index (χ4v) is 11.0. The van der Waals surface area contributed by atoms with Crippen LogP contribution >= 0.6 is 0 Å². The molecule has 1 spiro atoms. The third kappa shape index (κ3) is 9.92. The monoisotopic (exact) mass is 899 g/mol. The van der Waals surface area contributed by atoms with Crippen molar-refractivity contribution >= 4 is 11.7 Å². The van der Waals surface area contributed by atoms with Gasteiger partial charge in [-0.2, -0.15) is 0 Å². The molecule has 1 aliphatic carbocycles. The Bertz CT molecular complexity index is 1830. The number of oxime groups is 1. The van der Waals surface area contributed by atoms with E-state index in [0.29, 0.717) is 36.8 Å². The van der Waals surface area contributed by atoms with Crippen molar-refractivity contribution in [1.29, 1.82) is 0 Å². The fraction of sp³-hybridized carbons (Fsp3) is 0.755. The number of aliphatic hydroxyl groups is 1. The molecule has 7 rings (SSSR count). The van der Waals surface area contributed by atoms with E-state index in [4.69, 9.17) is 47.4 Å². The Morgan fingerprint density at radius 3 is 2.38 bits per heavy atom. The average Bonchev–Trinajstić information content (AvgIpc) is 3.60. The van der Waals surface area contributed by atoms with Gasteiger partial charge in [-0.3, -0.25) is 4.79 Å². The summed E-state index contributed by atoms with van der Waals surface area (Å²) in [6.07, 6.45) is 11.6. The lowest BCUT2D eigenvalue weighted by atomic mass is 9.71. The number of fused-ring (bicyclic) bond motifs is 2. The van der Waals surface area contributed by atoms with E-state index in [9.17, 15) is 15.1 Å². The number of carbonyl (C=O) groups excluding carboxylic acids is 1. The van der Waals surface area contributed by atoms with Gasteiger partial charge in [0.05, 0.1) is 55.4 Å². The van der Waals surface area contributed by atoms with E-state index in [2.05, 4.69) is 57.2 Å². The molecule has 0 radical (unpaired) electrons. The molecule has 0 aromatic heterocycles. The first-order valence-corrected chi connectivity index (χ1v) is 23.5. The Morgan fingerprint density at radius 1 is 0.953 bits per heavy atom. The Labute approximate surface area is 379 Å². The van der Waals surface area contributed by atoms with Crippen LogP contribution in [0, 0.1) is 23.7 Å². The minimum absolute atomic E-state index is 0.0153. The average molecular weight is 899 g/mol. The summed E-state index contributed by atoms with van der Waals surface area (Å²) >= 11 is 0. The maximum absolute atomic E-state index is 14.4. The molecule has 4 fully saturated rings. The number of likely N-dealkylation sites (N-methyl/N-ethyl adjacent to an activating group) is 1. The number of methoxy groups -OCH3 is 2. The molecule has 19 atom stereocenters. The van der Waals surface area contributed by atoms with Crippen molar-refractivity contribution in [3.05, 3.63) is 59.3 Å². The molecule has 9 unspecified atom stereocenters. The zero-order valence-electron chi connectivity index (χ0n) is 39.6. The molecule has 0 amide bonds. The van der Waals surface area contributed by atoms with Crippen LogP contribution in [-0.4, -0.2) is 141 Å². The lowest BCUT2D eigenvalue weighted by Crippen LogP contribution is -2.57. The summed E-state index contributed by atoms with van der Waals surface area (Å²) in [6.45, 7) is 16.4.